The van der Waals surface area contributed by atoms with Crippen molar-refractivity contribution in [2.45, 2.75) is 11.7 Å². The van der Waals surface area contributed by atoms with Crippen molar-refractivity contribution < 1.29 is 18.7 Å². The molecule has 8 heteroatoms. The molecule has 0 aliphatic carbocycles. The van der Waals surface area contributed by atoms with Gasteiger partial charge in [0.2, 0.25) is 11.8 Å². The monoisotopic (exact) mass is 387 g/mol. The molecule has 0 saturated carbocycles. The van der Waals surface area contributed by atoms with Gasteiger partial charge in [0.1, 0.15) is 16.8 Å². The summed E-state index contributed by atoms with van der Waals surface area (Å²) in [5.74, 6) is -0.560. The quantitative estimate of drug-likeness (QED) is 0.873. The highest BCUT2D eigenvalue weighted by Crippen LogP contribution is 2.30. The van der Waals surface area contributed by atoms with Gasteiger partial charge in [-0.15, -0.1) is 0 Å². The molecule has 0 bridgehead atoms. The van der Waals surface area contributed by atoms with Crippen molar-refractivity contribution in [3.63, 3.8) is 0 Å². The van der Waals surface area contributed by atoms with Crippen molar-refractivity contribution in [3.05, 3.63) is 54.3 Å². The van der Waals surface area contributed by atoms with Crippen LogP contribution in [0.2, 0.25) is 0 Å². The van der Waals surface area contributed by atoms with E-state index in [2.05, 4.69) is 10.3 Å². The van der Waals surface area contributed by atoms with Crippen LogP contribution in [0.4, 0.5) is 15.8 Å². The van der Waals surface area contributed by atoms with E-state index in [0.717, 1.165) is 11.8 Å². The van der Waals surface area contributed by atoms with Crippen molar-refractivity contribution in [1.29, 1.82) is 0 Å². The summed E-state index contributed by atoms with van der Waals surface area (Å²) in [7, 11) is 3.17. The molecule has 140 valence electrons. The number of hydrogen-bond acceptors (Lipinski definition) is 5. The van der Waals surface area contributed by atoms with Crippen LogP contribution in [0, 0.1) is 5.82 Å². The van der Waals surface area contributed by atoms with E-state index in [-0.39, 0.29) is 18.0 Å². The molecule has 1 heterocycles. The Bertz CT molecular complexity index is 903. The van der Waals surface area contributed by atoms with Crippen LogP contribution in [0.25, 0.3) is 0 Å². The molecule has 0 unspecified atom stereocenters. The van der Waals surface area contributed by atoms with Gasteiger partial charge in [-0.25, -0.2) is 9.38 Å². The Morgan fingerprint density at radius 2 is 2.07 bits per heavy atom. The Kier molecular flexibility index (Phi) is 5.75. The molecular weight excluding hydrogens is 369 g/mol. The minimum atomic E-state index is -0.697. The van der Waals surface area contributed by atoms with Gasteiger partial charge in [-0.2, -0.15) is 0 Å². The Labute approximate surface area is 160 Å². The number of thioether (sulfide) groups is 1. The van der Waals surface area contributed by atoms with E-state index in [0.29, 0.717) is 16.6 Å². The number of carbonyl (C=O) groups excluding carboxylic acids is 2. The predicted molar refractivity (Wildman–Crippen MR) is 104 cm³/mol. The molecule has 27 heavy (non-hydrogen) atoms. The molecule has 1 fully saturated rings. The van der Waals surface area contributed by atoms with Crippen molar-refractivity contribution in [3.8, 4) is 5.75 Å². The van der Waals surface area contributed by atoms with Crippen molar-refractivity contribution in [2.75, 3.05) is 19.5 Å². The lowest BCUT2D eigenvalue weighted by molar-refractivity contribution is -0.128. The number of rotatable bonds is 4. The van der Waals surface area contributed by atoms with Crippen molar-refractivity contribution in [1.82, 2.24) is 4.90 Å². The number of carbonyl (C=O) groups is 2. The zero-order valence-electron chi connectivity index (χ0n) is 14.8. The van der Waals surface area contributed by atoms with E-state index in [9.17, 15) is 14.0 Å². The maximum Gasteiger partial charge on any atom is 0.238 e. The van der Waals surface area contributed by atoms with Crippen molar-refractivity contribution >= 4 is 40.1 Å². The minimum absolute atomic E-state index is 0.0125. The smallest absolute Gasteiger partial charge is 0.238 e. The molecule has 2 aromatic carbocycles. The predicted octanol–water partition coefficient (Wildman–Crippen LogP) is 3.42. The van der Waals surface area contributed by atoms with Gasteiger partial charge in [0, 0.05) is 19.5 Å². The number of amides is 2. The van der Waals surface area contributed by atoms with Crippen LogP contribution in [-0.4, -0.2) is 41.3 Å². The van der Waals surface area contributed by atoms with Gasteiger partial charge in [-0.05, 0) is 24.3 Å². The summed E-state index contributed by atoms with van der Waals surface area (Å²) in [6.07, 6.45) is 0.0125. The van der Waals surface area contributed by atoms with Gasteiger partial charge in [0.25, 0.3) is 0 Å². The average molecular weight is 387 g/mol. The lowest BCUT2D eigenvalue weighted by atomic mass is 10.2. The molecular formula is C19H18FN3O3S. The fourth-order valence-electron chi connectivity index (χ4n) is 2.46. The summed E-state index contributed by atoms with van der Waals surface area (Å²) in [6, 6.07) is 13.0. The molecule has 0 aromatic heterocycles. The van der Waals surface area contributed by atoms with Gasteiger partial charge in [0.15, 0.2) is 5.17 Å². The van der Waals surface area contributed by atoms with E-state index in [4.69, 9.17) is 4.74 Å². The average Bonchev–Trinajstić information content (AvgIpc) is 2.67. The summed E-state index contributed by atoms with van der Waals surface area (Å²) in [6.45, 7) is 0. The highest BCUT2D eigenvalue weighted by atomic mass is 32.2. The second kappa shape index (κ2) is 8.22. The Hall–Kier alpha value is -2.87. The lowest BCUT2D eigenvalue weighted by Gasteiger charge is -2.28. The standard InChI is InChI=1S/C19H18FN3O3S/c1-23-17(24)11-16(18(25)22-15-9-4-3-8-14(15)20)27-19(23)21-12-6-5-7-13(10-12)26-2/h3-10,16H,11H2,1-2H3,(H,22,25)/t16-/m0/s1. The summed E-state index contributed by atoms with van der Waals surface area (Å²) in [5.41, 5.74) is 0.687. The zero-order chi connectivity index (χ0) is 19.4. The van der Waals surface area contributed by atoms with E-state index in [1.165, 1.54) is 23.1 Å². The molecule has 6 nitrogen and oxygen atoms in total. The van der Waals surface area contributed by atoms with Crippen LogP contribution >= 0.6 is 11.8 Å². The number of nitrogens with zero attached hydrogens (tertiary/aromatic N) is 2. The number of aliphatic imine (C=N–C) groups is 1. The Morgan fingerprint density at radius 1 is 1.30 bits per heavy atom. The number of benzene rings is 2. The highest BCUT2D eigenvalue weighted by Gasteiger charge is 2.34. The Balaban J connectivity index is 1.80. The number of methoxy groups -OCH3 is 1. The Morgan fingerprint density at radius 3 is 2.81 bits per heavy atom. The number of anilines is 1. The molecule has 2 aromatic rings. The second-order valence-electron chi connectivity index (χ2n) is 5.83. The summed E-state index contributed by atoms with van der Waals surface area (Å²) >= 11 is 1.16. The first-order valence-corrected chi connectivity index (χ1v) is 9.07. The fourth-order valence-corrected chi connectivity index (χ4v) is 3.53. The topological polar surface area (TPSA) is 71.0 Å². The van der Waals surface area contributed by atoms with Crippen LogP contribution in [0.3, 0.4) is 0 Å². The molecule has 3 rings (SSSR count). The van der Waals surface area contributed by atoms with Crippen LogP contribution in [0.15, 0.2) is 53.5 Å². The second-order valence-corrected chi connectivity index (χ2v) is 7.00. The third kappa shape index (κ3) is 4.46. The van der Waals surface area contributed by atoms with Crippen LogP contribution in [-0.2, 0) is 9.59 Å². The third-order valence-electron chi connectivity index (χ3n) is 3.97. The molecule has 1 N–H and O–H groups in total. The molecule has 1 aliphatic heterocycles. The molecule has 0 radical (unpaired) electrons. The van der Waals surface area contributed by atoms with Gasteiger partial charge in [-0.3, -0.25) is 14.5 Å². The van der Waals surface area contributed by atoms with Gasteiger partial charge in [-0.1, -0.05) is 30.0 Å². The normalized spacial score (nSPS) is 18.5. The van der Waals surface area contributed by atoms with E-state index in [1.54, 1.807) is 44.5 Å². The first-order chi connectivity index (χ1) is 13.0. The maximum absolute atomic E-state index is 13.8. The zero-order valence-corrected chi connectivity index (χ0v) is 15.6. The highest BCUT2D eigenvalue weighted by molar-refractivity contribution is 8.15. The molecule has 0 spiro atoms. The number of nitrogens with one attached hydrogen (secondary N) is 1. The first kappa shape index (κ1) is 18.9. The van der Waals surface area contributed by atoms with Crippen LogP contribution in [0.1, 0.15) is 6.42 Å². The molecule has 1 atom stereocenters. The van der Waals surface area contributed by atoms with Crippen LogP contribution < -0.4 is 10.1 Å². The fraction of sp³-hybridized carbons (Fsp3) is 0.211. The number of amidine groups is 1. The maximum atomic E-state index is 13.8. The minimum Gasteiger partial charge on any atom is -0.497 e. The van der Waals surface area contributed by atoms with E-state index >= 15 is 0 Å². The number of hydrogen-bond donors (Lipinski definition) is 1. The first-order valence-electron chi connectivity index (χ1n) is 8.19. The van der Waals surface area contributed by atoms with Crippen molar-refractivity contribution in [2.24, 2.45) is 4.99 Å². The number of para-hydroxylation sites is 1. The summed E-state index contributed by atoms with van der Waals surface area (Å²) in [4.78, 5) is 30.7. The lowest BCUT2D eigenvalue weighted by Crippen LogP contribution is -2.43. The van der Waals surface area contributed by atoms with Gasteiger partial charge >= 0.3 is 0 Å². The van der Waals surface area contributed by atoms with E-state index in [1.807, 2.05) is 0 Å². The summed E-state index contributed by atoms with van der Waals surface area (Å²) < 4.78 is 18.9. The SMILES string of the molecule is COc1cccc(N=C2S[C@H](C(=O)Nc3ccccc3F)CC(=O)N2C)c1. The third-order valence-corrected chi connectivity index (χ3v) is 5.21. The molecule has 2 amide bonds. The van der Waals surface area contributed by atoms with Gasteiger partial charge in [0.05, 0.1) is 18.5 Å². The largest absolute Gasteiger partial charge is 0.497 e. The van der Waals surface area contributed by atoms with Crippen LogP contribution in [0.5, 0.6) is 5.75 Å². The summed E-state index contributed by atoms with van der Waals surface area (Å²) in [5, 5.41) is 2.24. The van der Waals surface area contributed by atoms with E-state index < -0.39 is 17.0 Å². The molecule has 1 saturated heterocycles. The van der Waals surface area contributed by atoms with Gasteiger partial charge < -0.3 is 10.1 Å². The number of halogens is 1. The molecule has 1 aliphatic rings. The number of ether oxygens (including phenoxy) is 1.